The van der Waals surface area contributed by atoms with Gasteiger partial charge < -0.3 is 4.90 Å². The van der Waals surface area contributed by atoms with Crippen molar-refractivity contribution in [1.29, 1.82) is 0 Å². The minimum absolute atomic E-state index is 0.0663. The maximum atomic E-state index is 6.82. The van der Waals surface area contributed by atoms with E-state index < -0.39 is 0 Å². The van der Waals surface area contributed by atoms with Gasteiger partial charge in [-0.3, -0.25) is 0 Å². The van der Waals surface area contributed by atoms with Gasteiger partial charge in [0.05, 0.1) is 21.4 Å². The first kappa shape index (κ1) is 24.1. The van der Waals surface area contributed by atoms with Crippen LogP contribution in [0.4, 0.5) is 17.1 Å². The molecule has 0 aliphatic heterocycles. The van der Waals surface area contributed by atoms with Crippen LogP contribution in [0.5, 0.6) is 0 Å². The molecular weight excluding hydrogens is 465 g/mol. The fourth-order valence-electron chi connectivity index (χ4n) is 4.04. The molecule has 0 bridgehead atoms. The molecule has 0 unspecified atom stereocenters. The first-order valence-corrected chi connectivity index (χ1v) is 12.9. The highest BCUT2D eigenvalue weighted by Gasteiger charge is 2.23. The number of hydrogen-bond donors (Lipinski definition) is 0. The number of aryl methyl sites for hydroxylation is 1. The quantitative estimate of drug-likeness (QED) is 0.273. The topological polar surface area (TPSA) is 3.24 Å². The molecule has 0 aliphatic rings. The smallest absolute Gasteiger partial charge is 0.0833 e. The SMILES string of the molecule is Cc1cc(Cl)c(Cl)c(N(c2ccc(C(C)(C)C)cc2)c2csc3ccc(C(C)(C)C)cc23)c1. The van der Waals surface area contributed by atoms with E-state index in [2.05, 4.69) is 107 Å². The molecule has 0 spiro atoms. The van der Waals surface area contributed by atoms with Crippen LogP contribution in [0.3, 0.4) is 0 Å². The van der Waals surface area contributed by atoms with Gasteiger partial charge in [0.25, 0.3) is 0 Å². The van der Waals surface area contributed by atoms with Crippen molar-refractivity contribution in [2.75, 3.05) is 4.90 Å². The number of thiophene rings is 1. The van der Waals surface area contributed by atoms with E-state index in [9.17, 15) is 0 Å². The minimum atomic E-state index is 0.0663. The zero-order chi connectivity index (χ0) is 24.1. The predicted molar refractivity (Wildman–Crippen MR) is 149 cm³/mol. The van der Waals surface area contributed by atoms with E-state index in [4.69, 9.17) is 23.2 Å². The number of rotatable bonds is 3. The van der Waals surface area contributed by atoms with E-state index in [-0.39, 0.29) is 10.8 Å². The van der Waals surface area contributed by atoms with Crippen LogP contribution < -0.4 is 4.90 Å². The van der Waals surface area contributed by atoms with Crippen LogP contribution in [0.2, 0.25) is 10.0 Å². The number of nitrogens with zero attached hydrogens (tertiary/aromatic N) is 1. The molecule has 0 atom stereocenters. The molecule has 4 aromatic rings. The fourth-order valence-corrected chi connectivity index (χ4v) is 5.41. The van der Waals surface area contributed by atoms with Crippen molar-refractivity contribution in [2.45, 2.75) is 59.3 Å². The minimum Gasteiger partial charge on any atom is -0.307 e. The van der Waals surface area contributed by atoms with E-state index in [1.165, 1.54) is 21.2 Å². The van der Waals surface area contributed by atoms with E-state index in [1.54, 1.807) is 11.3 Å². The lowest BCUT2D eigenvalue weighted by molar-refractivity contribution is 0.590. The Bertz CT molecular complexity index is 1300. The van der Waals surface area contributed by atoms with Crippen molar-refractivity contribution in [2.24, 2.45) is 0 Å². The van der Waals surface area contributed by atoms with Crippen molar-refractivity contribution in [3.05, 3.63) is 86.7 Å². The van der Waals surface area contributed by atoms with Crippen molar-refractivity contribution in [1.82, 2.24) is 0 Å². The molecule has 172 valence electrons. The van der Waals surface area contributed by atoms with E-state index in [0.717, 1.165) is 22.6 Å². The summed E-state index contributed by atoms with van der Waals surface area (Å²) in [5, 5.41) is 4.58. The highest BCUT2D eigenvalue weighted by atomic mass is 35.5. The summed E-state index contributed by atoms with van der Waals surface area (Å²) < 4.78 is 1.25. The van der Waals surface area contributed by atoms with Gasteiger partial charge in [-0.25, -0.2) is 0 Å². The second kappa shape index (κ2) is 8.65. The Balaban J connectivity index is 1.98. The molecule has 33 heavy (non-hydrogen) atoms. The number of benzene rings is 3. The predicted octanol–water partition coefficient (Wildman–Crippen LogP) is 10.6. The molecule has 3 aromatic carbocycles. The molecule has 0 saturated carbocycles. The normalized spacial score (nSPS) is 12.4. The number of hydrogen-bond acceptors (Lipinski definition) is 2. The number of halogens is 2. The van der Waals surface area contributed by atoms with Crippen molar-refractivity contribution in [3.8, 4) is 0 Å². The van der Waals surface area contributed by atoms with Crippen LogP contribution in [0.15, 0.2) is 60.0 Å². The Morgan fingerprint density at radius 3 is 1.94 bits per heavy atom. The van der Waals surface area contributed by atoms with Gasteiger partial charge in [0.2, 0.25) is 0 Å². The van der Waals surface area contributed by atoms with Gasteiger partial charge in [-0.2, -0.15) is 0 Å². The molecule has 4 rings (SSSR count). The van der Waals surface area contributed by atoms with Gasteiger partial charge in [-0.1, -0.05) is 82.9 Å². The van der Waals surface area contributed by atoms with Gasteiger partial charge >= 0.3 is 0 Å². The summed E-state index contributed by atoms with van der Waals surface area (Å²) in [5.41, 5.74) is 6.91. The van der Waals surface area contributed by atoms with E-state index >= 15 is 0 Å². The Morgan fingerprint density at radius 1 is 0.727 bits per heavy atom. The molecule has 1 nitrogen and oxygen atoms in total. The van der Waals surface area contributed by atoms with Crippen LogP contribution in [-0.4, -0.2) is 0 Å². The maximum Gasteiger partial charge on any atom is 0.0833 e. The third-order valence-electron chi connectivity index (χ3n) is 6.05. The molecule has 0 N–H and O–H groups in total. The van der Waals surface area contributed by atoms with Crippen molar-refractivity contribution in [3.63, 3.8) is 0 Å². The van der Waals surface area contributed by atoms with Crippen LogP contribution >= 0.6 is 34.5 Å². The van der Waals surface area contributed by atoms with Crippen molar-refractivity contribution >= 4 is 61.7 Å². The summed E-state index contributed by atoms with van der Waals surface area (Å²) in [6, 6.07) is 19.6. The molecule has 0 saturated heterocycles. The van der Waals surface area contributed by atoms with Crippen LogP contribution in [0.25, 0.3) is 10.1 Å². The van der Waals surface area contributed by atoms with Gasteiger partial charge in [-0.15, -0.1) is 11.3 Å². The molecule has 0 amide bonds. The lowest BCUT2D eigenvalue weighted by Crippen LogP contribution is -2.14. The standard InChI is InChI=1S/C29H31Cl2NS/c1-18-14-23(30)27(31)24(15-18)32(21-11-8-19(9-12-21)28(2,3)4)25-17-33-26-13-10-20(16-22(25)26)29(5,6)7/h8-17H,1-7H3. The highest BCUT2D eigenvalue weighted by molar-refractivity contribution is 7.17. The van der Waals surface area contributed by atoms with Crippen LogP contribution in [0, 0.1) is 6.92 Å². The highest BCUT2D eigenvalue weighted by Crippen LogP contribution is 2.47. The largest absolute Gasteiger partial charge is 0.307 e. The molecule has 1 aromatic heterocycles. The number of fused-ring (bicyclic) bond motifs is 1. The summed E-state index contributed by atoms with van der Waals surface area (Å²) in [5.74, 6) is 0. The molecule has 1 heterocycles. The third-order valence-corrected chi connectivity index (χ3v) is 7.79. The zero-order valence-corrected chi connectivity index (χ0v) is 22.7. The number of anilines is 3. The van der Waals surface area contributed by atoms with Crippen LogP contribution in [0.1, 0.15) is 58.2 Å². The Labute approximate surface area is 212 Å². The molecule has 0 radical (unpaired) electrons. The molecular formula is C29H31Cl2NS. The summed E-state index contributed by atoms with van der Waals surface area (Å²) in [6.07, 6.45) is 0. The molecule has 0 fully saturated rings. The summed E-state index contributed by atoms with van der Waals surface area (Å²) in [6.45, 7) is 15.5. The van der Waals surface area contributed by atoms with Crippen LogP contribution in [-0.2, 0) is 10.8 Å². The summed E-state index contributed by atoms with van der Waals surface area (Å²) in [7, 11) is 0. The van der Waals surface area contributed by atoms with Crippen molar-refractivity contribution < 1.29 is 0 Å². The Hall–Kier alpha value is -2.00. The van der Waals surface area contributed by atoms with E-state index in [1.807, 2.05) is 6.07 Å². The molecule has 0 aliphatic carbocycles. The lowest BCUT2D eigenvalue weighted by Gasteiger charge is -2.28. The monoisotopic (exact) mass is 495 g/mol. The Morgan fingerprint density at radius 2 is 1.33 bits per heavy atom. The third kappa shape index (κ3) is 4.80. The summed E-state index contributed by atoms with van der Waals surface area (Å²) >= 11 is 15.1. The lowest BCUT2D eigenvalue weighted by atomic mass is 9.86. The average Bonchev–Trinajstić information content (AvgIpc) is 3.14. The second-order valence-corrected chi connectivity index (χ2v) is 12.5. The average molecular weight is 497 g/mol. The molecule has 4 heteroatoms. The summed E-state index contributed by atoms with van der Waals surface area (Å²) in [4.78, 5) is 2.25. The van der Waals surface area contributed by atoms with Gasteiger partial charge in [0.15, 0.2) is 0 Å². The maximum absolute atomic E-state index is 6.82. The van der Waals surface area contributed by atoms with Gasteiger partial charge in [-0.05, 0) is 70.8 Å². The second-order valence-electron chi connectivity index (χ2n) is 10.8. The van der Waals surface area contributed by atoms with Gasteiger partial charge in [0.1, 0.15) is 0 Å². The van der Waals surface area contributed by atoms with E-state index in [0.29, 0.717) is 10.0 Å². The zero-order valence-electron chi connectivity index (χ0n) is 20.4. The fraction of sp³-hybridized carbons (Fsp3) is 0.310. The van der Waals surface area contributed by atoms with Gasteiger partial charge in [0, 0.05) is 21.2 Å². The Kier molecular flexibility index (Phi) is 6.33. The first-order chi connectivity index (χ1) is 15.4. The first-order valence-electron chi connectivity index (χ1n) is 11.2.